The highest BCUT2D eigenvalue weighted by Crippen LogP contribution is 2.28. The van der Waals surface area contributed by atoms with E-state index < -0.39 is 0 Å². The number of piperidine rings is 1. The van der Waals surface area contributed by atoms with Gasteiger partial charge >= 0.3 is 0 Å². The van der Waals surface area contributed by atoms with Gasteiger partial charge in [0, 0.05) is 25.3 Å². The first-order valence-corrected chi connectivity index (χ1v) is 7.12. The lowest BCUT2D eigenvalue weighted by Crippen LogP contribution is -2.47. The van der Waals surface area contributed by atoms with Crippen molar-refractivity contribution in [2.45, 2.75) is 12.8 Å². The molecule has 0 spiro atoms. The van der Waals surface area contributed by atoms with E-state index in [1.54, 1.807) is 19.2 Å². The summed E-state index contributed by atoms with van der Waals surface area (Å²) in [6.45, 7) is 3.17. The molecule has 2 N–H and O–H groups in total. The molecule has 0 atom stereocenters. The topological polar surface area (TPSA) is 63.2 Å². The van der Waals surface area contributed by atoms with Gasteiger partial charge in [-0.2, -0.15) is 0 Å². The van der Waals surface area contributed by atoms with Crippen LogP contribution in [-0.4, -0.2) is 44.2 Å². The Balaban J connectivity index is 0.00000220. The van der Waals surface area contributed by atoms with Gasteiger partial charge in [-0.25, -0.2) is 4.98 Å². The van der Waals surface area contributed by atoms with Crippen molar-refractivity contribution in [1.82, 2.24) is 15.6 Å². The first-order chi connectivity index (χ1) is 9.65. The molecule has 2 rings (SSSR count). The first kappa shape index (κ1) is 21.4. The van der Waals surface area contributed by atoms with Crippen molar-refractivity contribution in [2.75, 3.05) is 33.4 Å². The van der Waals surface area contributed by atoms with Gasteiger partial charge in [-0.05, 0) is 38.1 Å². The van der Waals surface area contributed by atoms with E-state index in [4.69, 9.17) is 16.3 Å². The van der Waals surface area contributed by atoms with Crippen LogP contribution in [0.15, 0.2) is 18.3 Å². The summed E-state index contributed by atoms with van der Waals surface area (Å²) >= 11 is 5.76. The van der Waals surface area contributed by atoms with E-state index in [1.165, 1.54) is 6.20 Å². The van der Waals surface area contributed by atoms with Crippen LogP contribution in [0, 0.1) is 5.41 Å². The fourth-order valence-electron chi connectivity index (χ4n) is 2.50. The molecule has 0 aliphatic carbocycles. The van der Waals surface area contributed by atoms with Gasteiger partial charge in [0.1, 0.15) is 5.69 Å². The summed E-state index contributed by atoms with van der Waals surface area (Å²) in [6.07, 6.45) is 3.47. The molecule has 1 amide bonds. The van der Waals surface area contributed by atoms with Crippen LogP contribution in [0.3, 0.4) is 0 Å². The van der Waals surface area contributed by atoms with Crippen molar-refractivity contribution >= 4 is 42.3 Å². The SMILES string of the molecule is COCC1(CNC(=O)c2ccc(Cl)cn2)CCNCC1.Cl.Cl. The van der Waals surface area contributed by atoms with E-state index in [0.29, 0.717) is 23.9 Å². The van der Waals surface area contributed by atoms with Gasteiger partial charge in [0.2, 0.25) is 0 Å². The number of methoxy groups -OCH3 is 1. The molecule has 22 heavy (non-hydrogen) atoms. The molecule has 0 saturated carbocycles. The molecular formula is C14H22Cl3N3O2. The Hall–Kier alpha value is -0.590. The number of carbonyl (C=O) groups is 1. The molecule has 0 bridgehead atoms. The average Bonchev–Trinajstić information content (AvgIpc) is 2.47. The zero-order valence-corrected chi connectivity index (χ0v) is 14.8. The molecule has 1 aliphatic rings. The second kappa shape index (κ2) is 10.2. The maximum atomic E-state index is 12.1. The third-order valence-electron chi connectivity index (χ3n) is 3.70. The number of carbonyl (C=O) groups excluding carboxylic acids is 1. The van der Waals surface area contributed by atoms with Gasteiger partial charge in [-0.1, -0.05) is 11.6 Å². The Labute approximate surface area is 148 Å². The fourth-order valence-corrected chi connectivity index (χ4v) is 2.62. The monoisotopic (exact) mass is 369 g/mol. The number of amides is 1. The number of nitrogens with one attached hydrogen (secondary N) is 2. The first-order valence-electron chi connectivity index (χ1n) is 6.75. The second-order valence-electron chi connectivity index (χ2n) is 5.23. The standard InChI is InChI=1S/C14H20ClN3O2.2ClH/c1-20-10-14(4-6-16-7-5-14)9-18-13(19)12-3-2-11(15)8-17-12;;/h2-3,8,16H,4-7,9-10H2,1H3,(H,18,19);2*1H. The summed E-state index contributed by atoms with van der Waals surface area (Å²) in [5, 5.41) is 6.81. The molecule has 1 aromatic rings. The van der Waals surface area contributed by atoms with Crippen LogP contribution >= 0.6 is 36.4 Å². The quantitative estimate of drug-likeness (QED) is 0.835. The molecule has 126 valence electrons. The molecule has 0 aromatic carbocycles. The lowest BCUT2D eigenvalue weighted by Gasteiger charge is -2.37. The van der Waals surface area contributed by atoms with Gasteiger partial charge in [0.15, 0.2) is 0 Å². The Morgan fingerprint density at radius 2 is 2.09 bits per heavy atom. The summed E-state index contributed by atoms with van der Waals surface area (Å²) in [5.74, 6) is -0.171. The summed E-state index contributed by atoms with van der Waals surface area (Å²) < 4.78 is 5.33. The van der Waals surface area contributed by atoms with Crippen LogP contribution in [0.5, 0.6) is 0 Å². The molecule has 5 nitrogen and oxygen atoms in total. The van der Waals surface area contributed by atoms with Gasteiger partial charge < -0.3 is 15.4 Å². The summed E-state index contributed by atoms with van der Waals surface area (Å²) in [6, 6.07) is 3.29. The number of nitrogens with zero attached hydrogens (tertiary/aromatic N) is 1. The number of aromatic nitrogens is 1. The Morgan fingerprint density at radius 1 is 1.41 bits per heavy atom. The fraction of sp³-hybridized carbons (Fsp3) is 0.571. The molecule has 1 saturated heterocycles. The Kier molecular flexibility index (Phi) is 9.96. The van der Waals surface area contributed by atoms with Crippen LogP contribution in [0.2, 0.25) is 5.02 Å². The third-order valence-corrected chi connectivity index (χ3v) is 3.92. The minimum atomic E-state index is -0.171. The van der Waals surface area contributed by atoms with E-state index in [1.807, 2.05) is 0 Å². The lowest BCUT2D eigenvalue weighted by atomic mass is 9.79. The van der Waals surface area contributed by atoms with E-state index in [2.05, 4.69) is 15.6 Å². The number of ether oxygens (including phenoxy) is 1. The van der Waals surface area contributed by atoms with Crippen molar-refractivity contribution in [3.8, 4) is 0 Å². The van der Waals surface area contributed by atoms with E-state index >= 15 is 0 Å². The van der Waals surface area contributed by atoms with Crippen LogP contribution in [0.25, 0.3) is 0 Å². The highest BCUT2D eigenvalue weighted by Gasteiger charge is 2.32. The average molecular weight is 371 g/mol. The van der Waals surface area contributed by atoms with Crippen LogP contribution < -0.4 is 10.6 Å². The normalized spacial score (nSPS) is 16.1. The largest absolute Gasteiger partial charge is 0.384 e. The summed E-state index contributed by atoms with van der Waals surface area (Å²) in [5.41, 5.74) is 0.401. The molecule has 0 unspecified atom stereocenters. The van der Waals surface area contributed by atoms with Crippen LogP contribution in [0.1, 0.15) is 23.3 Å². The maximum Gasteiger partial charge on any atom is 0.269 e. The van der Waals surface area contributed by atoms with Crippen molar-refractivity contribution in [3.05, 3.63) is 29.0 Å². The van der Waals surface area contributed by atoms with Gasteiger partial charge in [-0.3, -0.25) is 4.79 Å². The van der Waals surface area contributed by atoms with Gasteiger partial charge in [0.25, 0.3) is 5.91 Å². The smallest absolute Gasteiger partial charge is 0.269 e. The molecule has 1 fully saturated rings. The molecular weight excluding hydrogens is 349 g/mol. The number of halogens is 3. The molecule has 2 heterocycles. The maximum absolute atomic E-state index is 12.1. The highest BCUT2D eigenvalue weighted by molar-refractivity contribution is 6.30. The zero-order chi connectivity index (χ0) is 14.4. The molecule has 1 aliphatic heterocycles. The van der Waals surface area contributed by atoms with E-state index in [-0.39, 0.29) is 36.1 Å². The predicted octanol–water partition coefficient (Wildman–Crippen LogP) is 2.32. The predicted molar refractivity (Wildman–Crippen MR) is 92.5 cm³/mol. The molecule has 0 radical (unpaired) electrons. The van der Waals surface area contributed by atoms with Crippen molar-refractivity contribution in [2.24, 2.45) is 5.41 Å². The highest BCUT2D eigenvalue weighted by atomic mass is 35.5. The van der Waals surface area contributed by atoms with Crippen molar-refractivity contribution < 1.29 is 9.53 Å². The molecule has 8 heteroatoms. The van der Waals surface area contributed by atoms with Crippen molar-refractivity contribution in [3.63, 3.8) is 0 Å². The lowest BCUT2D eigenvalue weighted by molar-refractivity contribution is 0.0511. The van der Waals surface area contributed by atoms with Crippen molar-refractivity contribution in [1.29, 1.82) is 0 Å². The minimum absolute atomic E-state index is 0. The second-order valence-corrected chi connectivity index (χ2v) is 5.66. The number of rotatable bonds is 5. The Morgan fingerprint density at radius 3 is 2.64 bits per heavy atom. The van der Waals surface area contributed by atoms with Gasteiger partial charge in [-0.15, -0.1) is 24.8 Å². The number of hydrogen-bond donors (Lipinski definition) is 2. The molecule has 1 aromatic heterocycles. The third kappa shape index (κ3) is 5.89. The summed E-state index contributed by atoms with van der Waals surface area (Å²) in [7, 11) is 1.70. The van der Waals surface area contributed by atoms with Crippen LogP contribution in [-0.2, 0) is 4.74 Å². The number of pyridine rings is 1. The minimum Gasteiger partial charge on any atom is -0.384 e. The van der Waals surface area contributed by atoms with Crippen LogP contribution in [0.4, 0.5) is 0 Å². The number of hydrogen-bond acceptors (Lipinski definition) is 4. The van der Waals surface area contributed by atoms with E-state index in [0.717, 1.165) is 25.9 Å². The van der Waals surface area contributed by atoms with E-state index in [9.17, 15) is 4.79 Å². The Bertz CT molecular complexity index is 446. The van der Waals surface area contributed by atoms with Gasteiger partial charge in [0.05, 0.1) is 11.6 Å². The zero-order valence-electron chi connectivity index (χ0n) is 12.4. The summed E-state index contributed by atoms with van der Waals surface area (Å²) in [4.78, 5) is 16.1.